The second-order valence-electron chi connectivity index (χ2n) is 8.38. The Morgan fingerprint density at radius 3 is 2.45 bits per heavy atom. The zero-order valence-electron chi connectivity index (χ0n) is 18.3. The minimum atomic E-state index is -0.917. The first-order valence-electron chi connectivity index (χ1n) is 10.9. The van der Waals surface area contributed by atoms with Crippen LogP contribution in [-0.2, 0) is 17.8 Å². The van der Waals surface area contributed by atoms with Crippen LogP contribution in [0.5, 0.6) is 0 Å². The Labute approximate surface area is 195 Å². The molecule has 166 valence electrons. The molecule has 0 amide bonds. The van der Waals surface area contributed by atoms with Crippen LogP contribution in [0.1, 0.15) is 29.2 Å². The summed E-state index contributed by atoms with van der Waals surface area (Å²) in [4.78, 5) is 25.5. The van der Waals surface area contributed by atoms with Gasteiger partial charge >= 0.3 is 11.7 Å². The molecule has 0 radical (unpaired) electrons. The Morgan fingerprint density at radius 2 is 1.70 bits per heavy atom. The minimum absolute atomic E-state index is 0.122. The molecule has 1 N–H and O–H groups in total. The molecule has 0 aliphatic carbocycles. The number of aryl methyl sites for hydroxylation is 1. The molecule has 5 nitrogen and oxygen atoms in total. The van der Waals surface area contributed by atoms with Gasteiger partial charge in [-0.05, 0) is 53.6 Å². The van der Waals surface area contributed by atoms with Crippen LogP contribution in [0.15, 0.2) is 83.0 Å². The van der Waals surface area contributed by atoms with Gasteiger partial charge in [0, 0.05) is 10.1 Å². The fourth-order valence-electron chi connectivity index (χ4n) is 4.71. The van der Waals surface area contributed by atoms with Crippen LogP contribution in [0.2, 0.25) is 0 Å². The molecule has 2 aromatic heterocycles. The molecule has 1 atom stereocenters. The van der Waals surface area contributed by atoms with Crippen molar-refractivity contribution >= 4 is 38.4 Å². The van der Waals surface area contributed by atoms with Crippen molar-refractivity contribution in [2.45, 2.75) is 32.4 Å². The maximum absolute atomic E-state index is 13.8. The van der Waals surface area contributed by atoms with Gasteiger partial charge in [-0.2, -0.15) is 0 Å². The summed E-state index contributed by atoms with van der Waals surface area (Å²) >= 11 is 1.68. The zero-order valence-corrected chi connectivity index (χ0v) is 19.1. The lowest BCUT2D eigenvalue weighted by Crippen LogP contribution is -2.30. The number of carboxylic acids is 1. The molecular weight excluding hydrogens is 432 g/mol. The molecular formula is C27H24N2O3S. The molecule has 0 unspecified atom stereocenters. The van der Waals surface area contributed by atoms with E-state index in [1.54, 1.807) is 20.5 Å². The highest BCUT2D eigenvalue weighted by atomic mass is 32.1. The van der Waals surface area contributed by atoms with Gasteiger partial charge in [-0.15, -0.1) is 11.3 Å². The number of hydrogen-bond acceptors (Lipinski definition) is 3. The third-order valence-electron chi connectivity index (χ3n) is 6.17. The number of imidazole rings is 1. The highest BCUT2D eigenvalue weighted by Crippen LogP contribution is 2.30. The van der Waals surface area contributed by atoms with Crippen molar-refractivity contribution in [1.29, 1.82) is 0 Å². The number of carbonyl (C=O) groups is 1. The fourth-order valence-corrected chi connectivity index (χ4v) is 5.74. The molecule has 0 bridgehead atoms. The summed E-state index contributed by atoms with van der Waals surface area (Å²) in [5.74, 6) is -0.917. The van der Waals surface area contributed by atoms with Gasteiger partial charge in [0.25, 0.3) is 0 Å². The number of carboxylic acid groups (broad SMARTS) is 1. The van der Waals surface area contributed by atoms with Crippen LogP contribution in [0.4, 0.5) is 0 Å². The van der Waals surface area contributed by atoms with Crippen LogP contribution < -0.4 is 5.69 Å². The number of benzene rings is 3. The summed E-state index contributed by atoms with van der Waals surface area (Å²) in [5, 5.41) is 12.9. The molecule has 5 aromatic rings. The normalized spacial score (nSPS) is 12.4. The molecule has 6 heteroatoms. The molecule has 0 aliphatic rings. The van der Waals surface area contributed by atoms with Gasteiger partial charge < -0.3 is 5.11 Å². The maximum atomic E-state index is 13.8. The van der Waals surface area contributed by atoms with Gasteiger partial charge in [0.2, 0.25) is 0 Å². The Morgan fingerprint density at radius 1 is 0.970 bits per heavy atom. The van der Waals surface area contributed by atoms with Gasteiger partial charge in [0.1, 0.15) is 0 Å². The number of fused-ring (bicyclic) bond motifs is 2. The molecule has 0 fully saturated rings. The van der Waals surface area contributed by atoms with Gasteiger partial charge in [0.05, 0.1) is 30.0 Å². The summed E-state index contributed by atoms with van der Waals surface area (Å²) in [5.41, 5.74) is 4.71. The number of rotatable bonds is 7. The molecule has 0 saturated carbocycles. The maximum Gasteiger partial charge on any atom is 0.329 e. The van der Waals surface area contributed by atoms with Crippen LogP contribution in [0.3, 0.4) is 0 Å². The summed E-state index contributed by atoms with van der Waals surface area (Å²) in [6.07, 6.45) is 0.352. The predicted molar refractivity (Wildman–Crippen MR) is 133 cm³/mol. The molecule has 0 aliphatic heterocycles. The monoisotopic (exact) mass is 456 g/mol. The van der Waals surface area contributed by atoms with E-state index in [0.29, 0.717) is 13.0 Å². The van der Waals surface area contributed by atoms with Crippen molar-refractivity contribution in [2.75, 3.05) is 0 Å². The number of hydrogen-bond donors (Lipinski definition) is 1. The van der Waals surface area contributed by atoms with E-state index in [4.69, 9.17) is 0 Å². The number of para-hydroxylation sites is 2. The fraction of sp³-hybridized carbons (Fsp3) is 0.185. The SMILES string of the molecule is Cc1cccc2scc(Cn3c(=O)n([C@H](CC(=O)O)Cc4ccccc4)c4ccccc43)c12. The summed E-state index contributed by atoms with van der Waals surface area (Å²) in [6.45, 7) is 2.54. The van der Waals surface area contributed by atoms with Crippen molar-refractivity contribution in [1.82, 2.24) is 9.13 Å². The topological polar surface area (TPSA) is 64.2 Å². The quantitative estimate of drug-likeness (QED) is 0.345. The van der Waals surface area contributed by atoms with Crippen molar-refractivity contribution in [3.63, 3.8) is 0 Å². The Bertz CT molecular complexity index is 1510. The Balaban J connectivity index is 1.65. The molecule has 33 heavy (non-hydrogen) atoms. The lowest BCUT2D eigenvalue weighted by molar-refractivity contribution is -0.137. The van der Waals surface area contributed by atoms with Crippen molar-refractivity contribution in [3.05, 3.63) is 105 Å². The first kappa shape index (κ1) is 21.2. The second-order valence-corrected chi connectivity index (χ2v) is 9.29. The van der Waals surface area contributed by atoms with E-state index in [1.165, 1.54) is 15.6 Å². The van der Waals surface area contributed by atoms with Gasteiger partial charge in [-0.25, -0.2) is 4.79 Å². The predicted octanol–water partition coefficient (Wildman–Crippen LogP) is 5.63. The Kier molecular flexibility index (Phi) is 5.60. The van der Waals surface area contributed by atoms with E-state index in [9.17, 15) is 14.7 Å². The third-order valence-corrected chi connectivity index (χ3v) is 7.17. The third kappa shape index (κ3) is 3.98. The molecule has 0 saturated heterocycles. The van der Waals surface area contributed by atoms with E-state index in [-0.39, 0.29) is 12.1 Å². The van der Waals surface area contributed by atoms with Crippen LogP contribution in [0.25, 0.3) is 21.1 Å². The largest absolute Gasteiger partial charge is 0.481 e. The van der Waals surface area contributed by atoms with Crippen LogP contribution in [-0.4, -0.2) is 20.2 Å². The smallest absolute Gasteiger partial charge is 0.329 e. The van der Waals surface area contributed by atoms with E-state index in [2.05, 4.69) is 30.5 Å². The second kappa shape index (κ2) is 8.71. The first-order valence-corrected chi connectivity index (χ1v) is 11.8. The number of thiophene rings is 1. The van der Waals surface area contributed by atoms with Crippen molar-refractivity contribution in [2.24, 2.45) is 0 Å². The van der Waals surface area contributed by atoms with Crippen LogP contribution in [0, 0.1) is 6.92 Å². The summed E-state index contributed by atoms with van der Waals surface area (Å²) in [7, 11) is 0. The van der Waals surface area contributed by atoms with Crippen LogP contribution >= 0.6 is 11.3 Å². The minimum Gasteiger partial charge on any atom is -0.481 e. The number of aromatic nitrogens is 2. The van der Waals surface area contributed by atoms with Gasteiger partial charge in [-0.1, -0.05) is 54.6 Å². The number of nitrogens with zero attached hydrogens (tertiary/aromatic N) is 2. The highest BCUT2D eigenvalue weighted by molar-refractivity contribution is 7.17. The summed E-state index contributed by atoms with van der Waals surface area (Å²) in [6, 6.07) is 23.2. The molecule has 5 rings (SSSR count). The van der Waals surface area contributed by atoms with Gasteiger partial charge in [0.15, 0.2) is 0 Å². The van der Waals surface area contributed by atoms with Gasteiger partial charge in [-0.3, -0.25) is 13.9 Å². The van der Waals surface area contributed by atoms with E-state index in [0.717, 1.165) is 22.2 Å². The molecule has 3 aromatic carbocycles. The van der Waals surface area contributed by atoms with Crippen molar-refractivity contribution < 1.29 is 9.90 Å². The van der Waals surface area contributed by atoms with Crippen molar-refractivity contribution in [3.8, 4) is 0 Å². The highest BCUT2D eigenvalue weighted by Gasteiger charge is 2.23. The van der Waals surface area contributed by atoms with E-state index >= 15 is 0 Å². The first-order chi connectivity index (χ1) is 16.0. The standard InChI is InChI=1S/C27H24N2O3S/c1-18-8-7-13-24-26(18)20(17-33-24)16-28-22-11-5-6-12-23(22)29(27(28)32)21(15-25(30)31)14-19-9-3-2-4-10-19/h2-13,17,21H,14-16H2,1H3,(H,30,31)/t21-/m0/s1. The lowest BCUT2D eigenvalue weighted by Gasteiger charge is -2.17. The average molecular weight is 457 g/mol. The lowest BCUT2D eigenvalue weighted by atomic mass is 10.0. The summed E-state index contributed by atoms with van der Waals surface area (Å²) < 4.78 is 4.66. The van der Waals surface area contributed by atoms with E-state index in [1.807, 2.05) is 54.6 Å². The average Bonchev–Trinajstić information content (AvgIpc) is 3.34. The van der Waals surface area contributed by atoms with E-state index < -0.39 is 12.0 Å². The molecule has 0 spiro atoms. The zero-order chi connectivity index (χ0) is 22.9. The number of aliphatic carboxylic acids is 1. The Hall–Kier alpha value is -3.64. The molecule has 2 heterocycles.